The van der Waals surface area contributed by atoms with Gasteiger partial charge in [0, 0.05) is 22.7 Å². The first-order valence-electron chi connectivity index (χ1n) is 6.39. The Bertz CT molecular complexity index is 580. The number of aromatic amines is 1. The Morgan fingerprint density at radius 2 is 1.82 bits per heavy atom. The topological polar surface area (TPSA) is 32.9 Å². The van der Waals surface area contributed by atoms with E-state index < -0.39 is 0 Å². The normalized spacial score (nSPS) is 15.6. The minimum Gasteiger partial charge on any atom is -0.360 e. The van der Waals surface area contributed by atoms with Gasteiger partial charge in [-0.05, 0) is 55.9 Å². The maximum atomic E-state index is 11.5. The first-order valence-corrected chi connectivity index (χ1v) is 6.39. The van der Waals surface area contributed by atoms with E-state index in [2.05, 4.69) is 17.1 Å². The Morgan fingerprint density at radius 3 is 2.53 bits per heavy atom. The molecule has 0 bridgehead atoms. The van der Waals surface area contributed by atoms with Gasteiger partial charge in [0.05, 0.1) is 0 Å². The maximum absolute atomic E-state index is 11.5. The molecule has 0 radical (unpaired) electrons. The average Bonchev–Trinajstić information content (AvgIpc) is 2.57. The van der Waals surface area contributed by atoms with Crippen LogP contribution in [-0.4, -0.2) is 10.8 Å². The predicted molar refractivity (Wildman–Crippen MR) is 69.6 cm³/mol. The lowest BCUT2D eigenvalue weighted by atomic mass is 9.99. The monoisotopic (exact) mass is 227 g/mol. The summed E-state index contributed by atoms with van der Waals surface area (Å²) in [6.45, 7) is 1.63. The number of carbonyl (C=O) groups is 1. The first-order chi connectivity index (χ1) is 8.25. The first kappa shape index (κ1) is 10.6. The molecule has 17 heavy (non-hydrogen) atoms. The van der Waals surface area contributed by atoms with Gasteiger partial charge in [-0.15, -0.1) is 0 Å². The summed E-state index contributed by atoms with van der Waals surface area (Å²) in [6.07, 6.45) is 8.07. The van der Waals surface area contributed by atoms with Crippen LogP contribution in [0.3, 0.4) is 0 Å². The minimum atomic E-state index is 0.143. The molecule has 0 unspecified atom stereocenters. The third-order valence-electron chi connectivity index (χ3n) is 3.77. The number of fused-ring (bicyclic) bond motifs is 2. The summed E-state index contributed by atoms with van der Waals surface area (Å²) < 4.78 is 0. The van der Waals surface area contributed by atoms with Crippen molar-refractivity contribution >= 4 is 16.7 Å². The van der Waals surface area contributed by atoms with Crippen molar-refractivity contribution in [1.29, 1.82) is 0 Å². The molecule has 3 rings (SSSR count). The molecule has 0 atom stereocenters. The molecule has 0 amide bonds. The van der Waals surface area contributed by atoms with E-state index in [-0.39, 0.29) is 5.78 Å². The van der Waals surface area contributed by atoms with Gasteiger partial charge in [-0.3, -0.25) is 4.79 Å². The van der Waals surface area contributed by atoms with Crippen LogP contribution in [0.15, 0.2) is 18.3 Å². The van der Waals surface area contributed by atoms with Crippen molar-refractivity contribution in [3.05, 3.63) is 35.0 Å². The number of aryl methyl sites for hydroxylation is 2. The van der Waals surface area contributed by atoms with Crippen molar-refractivity contribution in [2.75, 3.05) is 0 Å². The third-order valence-corrected chi connectivity index (χ3v) is 3.77. The van der Waals surface area contributed by atoms with Crippen molar-refractivity contribution in [3.63, 3.8) is 0 Å². The quantitative estimate of drug-likeness (QED) is 0.585. The van der Waals surface area contributed by atoms with Crippen LogP contribution in [0.2, 0.25) is 0 Å². The van der Waals surface area contributed by atoms with Crippen molar-refractivity contribution in [2.45, 2.75) is 39.0 Å². The number of carbonyl (C=O) groups excluding carboxylic acids is 1. The van der Waals surface area contributed by atoms with Crippen LogP contribution in [0, 0.1) is 0 Å². The fourth-order valence-electron chi connectivity index (χ4n) is 2.82. The number of hydrogen-bond donors (Lipinski definition) is 1. The van der Waals surface area contributed by atoms with Gasteiger partial charge in [0.1, 0.15) is 0 Å². The molecule has 1 aromatic carbocycles. The average molecular weight is 227 g/mol. The van der Waals surface area contributed by atoms with E-state index in [0.29, 0.717) is 0 Å². The molecule has 0 fully saturated rings. The predicted octanol–water partition coefficient (Wildman–Crippen LogP) is 3.64. The number of rotatable bonds is 1. The Kier molecular flexibility index (Phi) is 2.50. The molecule has 2 heteroatoms. The lowest BCUT2D eigenvalue weighted by molar-refractivity contribution is 0.101. The smallest absolute Gasteiger partial charge is 0.161 e. The number of aromatic nitrogens is 1. The summed E-state index contributed by atoms with van der Waals surface area (Å²) in [5, 5.41) is 1.10. The Morgan fingerprint density at radius 1 is 1.12 bits per heavy atom. The molecule has 1 N–H and O–H groups in total. The fourth-order valence-corrected chi connectivity index (χ4v) is 2.82. The number of H-pyrrole nitrogens is 1. The van der Waals surface area contributed by atoms with Gasteiger partial charge >= 0.3 is 0 Å². The molecular formula is C15H17NO. The molecule has 2 aromatic rings. The van der Waals surface area contributed by atoms with Crippen molar-refractivity contribution < 1.29 is 4.79 Å². The maximum Gasteiger partial charge on any atom is 0.161 e. The van der Waals surface area contributed by atoms with Gasteiger partial charge in [-0.25, -0.2) is 0 Å². The Labute approximate surface area is 101 Å². The van der Waals surface area contributed by atoms with E-state index in [9.17, 15) is 4.79 Å². The highest BCUT2D eigenvalue weighted by Gasteiger charge is 2.13. The van der Waals surface area contributed by atoms with Gasteiger partial charge in [0.15, 0.2) is 5.78 Å². The second kappa shape index (κ2) is 4.02. The van der Waals surface area contributed by atoms with Crippen molar-refractivity contribution in [2.24, 2.45) is 0 Å². The van der Waals surface area contributed by atoms with Crippen LogP contribution in [0.4, 0.5) is 0 Å². The second-order valence-electron chi connectivity index (χ2n) is 4.99. The molecule has 0 aliphatic heterocycles. The number of hydrogen-bond acceptors (Lipinski definition) is 1. The summed E-state index contributed by atoms with van der Waals surface area (Å²) in [5.74, 6) is 0.143. The number of nitrogens with one attached hydrogen (secondary N) is 1. The van der Waals surface area contributed by atoms with Gasteiger partial charge < -0.3 is 4.98 Å². The summed E-state index contributed by atoms with van der Waals surface area (Å²) in [7, 11) is 0. The lowest BCUT2D eigenvalue weighted by Crippen LogP contribution is -1.93. The van der Waals surface area contributed by atoms with Crippen LogP contribution in [-0.2, 0) is 12.8 Å². The van der Waals surface area contributed by atoms with E-state index in [1.165, 1.54) is 36.8 Å². The molecule has 1 heterocycles. The molecule has 88 valence electrons. The number of Topliss-reactive ketones (excluding diaryl/α,β-unsaturated/α-hetero) is 1. The van der Waals surface area contributed by atoms with Crippen molar-refractivity contribution in [1.82, 2.24) is 4.98 Å². The third kappa shape index (κ3) is 1.78. The van der Waals surface area contributed by atoms with E-state index in [0.717, 1.165) is 22.9 Å². The molecule has 2 nitrogen and oxygen atoms in total. The van der Waals surface area contributed by atoms with Gasteiger partial charge in [0.25, 0.3) is 0 Å². The van der Waals surface area contributed by atoms with E-state index >= 15 is 0 Å². The zero-order chi connectivity index (χ0) is 11.8. The number of benzene rings is 1. The van der Waals surface area contributed by atoms with Crippen LogP contribution in [0.1, 0.15) is 47.7 Å². The molecule has 0 saturated heterocycles. The van der Waals surface area contributed by atoms with Gasteiger partial charge in [0.2, 0.25) is 0 Å². The summed E-state index contributed by atoms with van der Waals surface area (Å²) in [5.41, 5.74) is 4.84. The van der Waals surface area contributed by atoms with E-state index in [4.69, 9.17) is 0 Å². The van der Waals surface area contributed by atoms with E-state index in [1.807, 2.05) is 6.20 Å². The van der Waals surface area contributed by atoms with Crippen LogP contribution >= 0.6 is 0 Å². The molecular weight excluding hydrogens is 210 g/mol. The number of ketones is 1. The van der Waals surface area contributed by atoms with Gasteiger partial charge in [-0.1, -0.05) is 6.42 Å². The molecule has 1 aromatic heterocycles. The Balaban J connectivity index is 2.20. The second-order valence-corrected chi connectivity index (χ2v) is 4.99. The largest absolute Gasteiger partial charge is 0.360 e. The minimum absolute atomic E-state index is 0.143. The van der Waals surface area contributed by atoms with Crippen LogP contribution in [0.5, 0.6) is 0 Å². The molecule has 1 aliphatic rings. The lowest BCUT2D eigenvalue weighted by Gasteiger charge is -2.06. The molecule has 0 saturated carbocycles. The van der Waals surface area contributed by atoms with Gasteiger partial charge in [-0.2, -0.15) is 0 Å². The SMILES string of the molecule is CC(=O)c1c[nH]c2cc3c(cc12)CCCCC3. The van der Waals surface area contributed by atoms with Crippen molar-refractivity contribution in [3.8, 4) is 0 Å². The summed E-state index contributed by atoms with van der Waals surface area (Å²) >= 11 is 0. The standard InChI is InChI=1S/C15H17NO/c1-10(17)14-9-16-15-8-12-6-4-2-3-5-11(12)7-13(14)15/h7-9,16H,2-6H2,1H3. The van der Waals surface area contributed by atoms with Crippen LogP contribution in [0.25, 0.3) is 10.9 Å². The molecule has 0 spiro atoms. The molecule has 1 aliphatic carbocycles. The zero-order valence-corrected chi connectivity index (χ0v) is 10.2. The Hall–Kier alpha value is -1.57. The highest BCUT2D eigenvalue weighted by atomic mass is 16.1. The zero-order valence-electron chi connectivity index (χ0n) is 10.2. The van der Waals surface area contributed by atoms with E-state index in [1.54, 1.807) is 6.92 Å². The fraction of sp³-hybridized carbons (Fsp3) is 0.400. The summed E-state index contributed by atoms with van der Waals surface area (Å²) in [6, 6.07) is 4.46. The summed E-state index contributed by atoms with van der Waals surface area (Å²) in [4.78, 5) is 14.8. The highest BCUT2D eigenvalue weighted by Crippen LogP contribution is 2.27. The highest BCUT2D eigenvalue weighted by molar-refractivity contribution is 6.07. The van der Waals surface area contributed by atoms with Crippen LogP contribution < -0.4 is 0 Å².